The normalized spacial score (nSPS) is 30.2. The first-order valence-corrected chi connectivity index (χ1v) is 7.06. The summed E-state index contributed by atoms with van der Waals surface area (Å²) in [6.07, 6.45) is 8.25. The maximum absolute atomic E-state index is 5.62. The second kappa shape index (κ2) is 6.73. The van der Waals surface area contributed by atoms with Crippen molar-refractivity contribution in [1.82, 2.24) is 0 Å². The zero-order valence-corrected chi connectivity index (χ0v) is 10.5. The molecule has 1 nitrogen and oxygen atoms in total. The summed E-state index contributed by atoms with van der Waals surface area (Å²) in [4.78, 5) is 0. The molecule has 0 bridgehead atoms. The number of thioether (sulfide) groups is 1. The van der Waals surface area contributed by atoms with Crippen LogP contribution in [-0.4, -0.2) is 17.0 Å². The molecule has 1 aliphatic rings. The van der Waals surface area contributed by atoms with Crippen LogP contribution in [0.15, 0.2) is 0 Å². The standard InChI is InChI=1S/C12H25NS/c1-3-11(7-8-13)14-12-6-4-5-10(2)9-12/h10-12H,3-9,13H2,1-2H3. The molecule has 84 valence electrons. The van der Waals surface area contributed by atoms with Crippen molar-refractivity contribution < 1.29 is 0 Å². The van der Waals surface area contributed by atoms with E-state index in [2.05, 4.69) is 25.6 Å². The Bertz CT molecular complexity index is 149. The van der Waals surface area contributed by atoms with Gasteiger partial charge in [-0.05, 0) is 38.1 Å². The topological polar surface area (TPSA) is 26.0 Å². The minimum Gasteiger partial charge on any atom is -0.330 e. The lowest BCUT2D eigenvalue weighted by Gasteiger charge is -2.29. The zero-order chi connectivity index (χ0) is 10.4. The maximum atomic E-state index is 5.62. The minimum atomic E-state index is 0.815. The Morgan fingerprint density at radius 1 is 1.43 bits per heavy atom. The van der Waals surface area contributed by atoms with Gasteiger partial charge in [-0.3, -0.25) is 0 Å². The van der Waals surface area contributed by atoms with Crippen molar-refractivity contribution in [2.45, 2.75) is 62.9 Å². The van der Waals surface area contributed by atoms with Crippen molar-refractivity contribution in [2.75, 3.05) is 6.54 Å². The fourth-order valence-corrected chi connectivity index (χ4v) is 4.08. The average molecular weight is 215 g/mol. The summed E-state index contributed by atoms with van der Waals surface area (Å²) in [5, 5.41) is 1.74. The van der Waals surface area contributed by atoms with Gasteiger partial charge in [0.2, 0.25) is 0 Å². The van der Waals surface area contributed by atoms with Crippen molar-refractivity contribution in [3.63, 3.8) is 0 Å². The summed E-state index contributed by atoms with van der Waals surface area (Å²) in [7, 11) is 0. The molecule has 1 fully saturated rings. The van der Waals surface area contributed by atoms with Gasteiger partial charge in [0.15, 0.2) is 0 Å². The molecule has 3 unspecified atom stereocenters. The zero-order valence-electron chi connectivity index (χ0n) is 9.67. The van der Waals surface area contributed by atoms with Crippen molar-refractivity contribution in [1.29, 1.82) is 0 Å². The highest BCUT2D eigenvalue weighted by Gasteiger charge is 2.21. The number of nitrogens with two attached hydrogens (primary N) is 1. The third kappa shape index (κ3) is 4.22. The molecule has 2 N–H and O–H groups in total. The Morgan fingerprint density at radius 2 is 2.21 bits per heavy atom. The quantitative estimate of drug-likeness (QED) is 0.760. The summed E-state index contributed by atoms with van der Waals surface area (Å²) < 4.78 is 0. The fourth-order valence-electron chi connectivity index (χ4n) is 2.33. The van der Waals surface area contributed by atoms with E-state index >= 15 is 0 Å². The highest BCUT2D eigenvalue weighted by atomic mass is 32.2. The molecular formula is C12H25NS. The first kappa shape index (κ1) is 12.4. The minimum absolute atomic E-state index is 0.815. The molecule has 0 radical (unpaired) electrons. The lowest BCUT2D eigenvalue weighted by atomic mass is 9.91. The van der Waals surface area contributed by atoms with Crippen LogP contribution >= 0.6 is 11.8 Å². The van der Waals surface area contributed by atoms with E-state index < -0.39 is 0 Å². The highest BCUT2D eigenvalue weighted by molar-refractivity contribution is 8.00. The van der Waals surface area contributed by atoms with E-state index in [0.29, 0.717) is 0 Å². The molecule has 3 atom stereocenters. The Hall–Kier alpha value is 0.310. The van der Waals surface area contributed by atoms with Crippen molar-refractivity contribution in [3.05, 3.63) is 0 Å². The van der Waals surface area contributed by atoms with Crippen LogP contribution in [0, 0.1) is 5.92 Å². The number of hydrogen-bond acceptors (Lipinski definition) is 2. The molecule has 1 rings (SSSR count). The van der Waals surface area contributed by atoms with E-state index in [1.807, 2.05) is 0 Å². The SMILES string of the molecule is CCC(CCN)SC1CCCC(C)C1. The van der Waals surface area contributed by atoms with E-state index in [1.165, 1.54) is 38.5 Å². The second-order valence-electron chi connectivity index (χ2n) is 4.64. The third-order valence-corrected chi connectivity index (χ3v) is 4.98. The van der Waals surface area contributed by atoms with Gasteiger partial charge in [-0.25, -0.2) is 0 Å². The molecule has 2 heteroatoms. The van der Waals surface area contributed by atoms with Gasteiger partial charge in [-0.15, -0.1) is 0 Å². The molecule has 0 heterocycles. The summed E-state index contributed by atoms with van der Waals surface area (Å²) in [5.74, 6) is 0.955. The van der Waals surface area contributed by atoms with Crippen LogP contribution in [0.1, 0.15) is 52.4 Å². The molecule has 14 heavy (non-hydrogen) atoms. The first-order chi connectivity index (χ1) is 6.76. The molecule has 0 spiro atoms. The Kier molecular flexibility index (Phi) is 5.95. The van der Waals surface area contributed by atoms with Crippen LogP contribution in [0.5, 0.6) is 0 Å². The highest BCUT2D eigenvalue weighted by Crippen LogP contribution is 2.35. The molecule has 0 amide bonds. The molecule has 0 aromatic heterocycles. The molecule has 0 aromatic carbocycles. The lowest BCUT2D eigenvalue weighted by molar-refractivity contribution is 0.393. The van der Waals surface area contributed by atoms with Gasteiger partial charge in [0.05, 0.1) is 0 Å². The van der Waals surface area contributed by atoms with Gasteiger partial charge in [0, 0.05) is 10.5 Å². The number of hydrogen-bond donors (Lipinski definition) is 1. The summed E-state index contributed by atoms with van der Waals surface area (Å²) in [6.45, 7) is 5.55. The van der Waals surface area contributed by atoms with Crippen LogP contribution in [0.2, 0.25) is 0 Å². The smallest absolute Gasteiger partial charge is 0.00592 e. The summed E-state index contributed by atoms with van der Waals surface area (Å²) in [5.41, 5.74) is 5.62. The van der Waals surface area contributed by atoms with Crippen molar-refractivity contribution >= 4 is 11.8 Å². The third-order valence-electron chi connectivity index (χ3n) is 3.22. The molecule has 0 aromatic rings. The summed E-state index contributed by atoms with van der Waals surface area (Å²) >= 11 is 2.21. The van der Waals surface area contributed by atoms with E-state index in [4.69, 9.17) is 5.73 Å². The van der Waals surface area contributed by atoms with Gasteiger partial charge < -0.3 is 5.73 Å². The molecule has 1 saturated carbocycles. The van der Waals surface area contributed by atoms with E-state index in [9.17, 15) is 0 Å². The molecule has 0 saturated heterocycles. The first-order valence-electron chi connectivity index (χ1n) is 6.11. The van der Waals surface area contributed by atoms with Crippen LogP contribution in [0.4, 0.5) is 0 Å². The van der Waals surface area contributed by atoms with Crippen LogP contribution < -0.4 is 5.73 Å². The van der Waals surface area contributed by atoms with E-state index in [-0.39, 0.29) is 0 Å². The van der Waals surface area contributed by atoms with Crippen LogP contribution in [0.25, 0.3) is 0 Å². The van der Waals surface area contributed by atoms with Gasteiger partial charge in [0.1, 0.15) is 0 Å². The monoisotopic (exact) mass is 215 g/mol. The van der Waals surface area contributed by atoms with Crippen molar-refractivity contribution in [3.8, 4) is 0 Å². The predicted molar refractivity (Wildman–Crippen MR) is 66.8 cm³/mol. The van der Waals surface area contributed by atoms with Gasteiger partial charge >= 0.3 is 0 Å². The second-order valence-corrected chi connectivity index (χ2v) is 6.24. The molecule has 1 aliphatic carbocycles. The fraction of sp³-hybridized carbons (Fsp3) is 1.00. The van der Waals surface area contributed by atoms with Crippen molar-refractivity contribution in [2.24, 2.45) is 11.7 Å². The number of rotatable bonds is 5. The maximum Gasteiger partial charge on any atom is 0.00592 e. The van der Waals surface area contributed by atoms with E-state index in [0.717, 1.165) is 23.0 Å². The van der Waals surface area contributed by atoms with Gasteiger partial charge in [0.25, 0.3) is 0 Å². The lowest BCUT2D eigenvalue weighted by Crippen LogP contribution is -2.20. The largest absolute Gasteiger partial charge is 0.330 e. The Labute approximate surface area is 93.2 Å². The molecule has 0 aliphatic heterocycles. The van der Waals surface area contributed by atoms with E-state index in [1.54, 1.807) is 0 Å². The van der Waals surface area contributed by atoms with Gasteiger partial charge in [-0.2, -0.15) is 11.8 Å². The Morgan fingerprint density at radius 3 is 2.79 bits per heavy atom. The molecular weight excluding hydrogens is 190 g/mol. The summed E-state index contributed by atoms with van der Waals surface area (Å²) in [6, 6.07) is 0. The van der Waals surface area contributed by atoms with Crippen LogP contribution in [0.3, 0.4) is 0 Å². The average Bonchev–Trinajstić information content (AvgIpc) is 2.17. The Balaban J connectivity index is 2.26. The van der Waals surface area contributed by atoms with Gasteiger partial charge in [-0.1, -0.05) is 26.7 Å². The predicted octanol–water partition coefficient (Wildman–Crippen LogP) is 3.43. The van der Waals surface area contributed by atoms with Crippen LogP contribution in [-0.2, 0) is 0 Å².